The van der Waals surface area contributed by atoms with Gasteiger partial charge in [-0.25, -0.2) is 0 Å². The molecule has 2 bridgehead atoms. The van der Waals surface area contributed by atoms with Gasteiger partial charge < -0.3 is 0 Å². The topological polar surface area (TPSA) is 3.24 Å². The van der Waals surface area contributed by atoms with Crippen LogP contribution in [0.4, 0.5) is 0 Å². The molecule has 0 saturated carbocycles. The van der Waals surface area contributed by atoms with Gasteiger partial charge in [-0.3, -0.25) is 4.90 Å². The standard InChI is InChI=1S/C11H21N/c1-2-3-9-12-10-5-4-6-11(12)8-7-10/h10-11H,2-9H2,1H3. The molecular formula is C11H21N. The fourth-order valence-corrected chi connectivity index (χ4v) is 2.93. The summed E-state index contributed by atoms with van der Waals surface area (Å²) < 4.78 is 0. The number of unbranched alkanes of at least 4 members (excludes halogenated alkanes) is 1. The van der Waals surface area contributed by atoms with Gasteiger partial charge in [-0.05, 0) is 38.6 Å². The summed E-state index contributed by atoms with van der Waals surface area (Å²) in [5.74, 6) is 0. The fraction of sp³-hybridized carbons (Fsp3) is 1.00. The van der Waals surface area contributed by atoms with Crippen molar-refractivity contribution in [3.8, 4) is 0 Å². The molecule has 0 spiro atoms. The van der Waals surface area contributed by atoms with Crippen molar-refractivity contribution in [2.45, 2.75) is 64.0 Å². The molecule has 0 aromatic carbocycles. The van der Waals surface area contributed by atoms with Gasteiger partial charge >= 0.3 is 0 Å². The van der Waals surface area contributed by atoms with Crippen LogP contribution in [0.25, 0.3) is 0 Å². The lowest BCUT2D eigenvalue weighted by Gasteiger charge is -2.34. The van der Waals surface area contributed by atoms with Gasteiger partial charge in [0.25, 0.3) is 0 Å². The number of hydrogen-bond donors (Lipinski definition) is 0. The average molecular weight is 167 g/mol. The third-order valence-electron chi connectivity index (χ3n) is 3.62. The van der Waals surface area contributed by atoms with Crippen LogP contribution in [0.1, 0.15) is 51.9 Å². The Morgan fingerprint density at radius 2 is 1.75 bits per heavy atom. The Labute approximate surface area is 76.1 Å². The molecule has 0 aromatic heterocycles. The molecule has 2 atom stereocenters. The predicted octanol–water partition coefficient (Wildman–Crippen LogP) is 2.80. The van der Waals surface area contributed by atoms with Crippen molar-refractivity contribution < 1.29 is 0 Å². The third-order valence-corrected chi connectivity index (χ3v) is 3.62. The molecule has 1 nitrogen and oxygen atoms in total. The van der Waals surface area contributed by atoms with Crippen molar-refractivity contribution >= 4 is 0 Å². The monoisotopic (exact) mass is 167 g/mol. The van der Waals surface area contributed by atoms with Crippen molar-refractivity contribution in [1.29, 1.82) is 0 Å². The number of rotatable bonds is 3. The Balaban J connectivity index is 1.87. The lowest BCUT2D eigenvalue weighted by molar-refractivity contribution is 0.138. The molecule has 2 heterocycles. The van der Waals surface area contributed by atoms with E-state index >= 15 is 0 Å². The maximum Gasteiger partial charge on any atom is 0.00987 e. The summed E-state index contributed by atoms with van der Waals surface area (Å²) in [5.41, 5.74) is 0. The normalized spacial score (nSPS) is 35.8. The van der Waals surface area contributed by atoms with Crippen molar-refractivity contribution in [3.05, 3.63) is 0 Å². The van der Waals surface area contributed by atoms with Crippen LogP contribution in [-0.4, -0.2) is 23.5 Å². The molecule has 2 saturated heterocycles. The number of nitrogens with zero attached hydrogens (tertiary/aromatic N) is 1. The molecule has 0 radical (unpaired) electrons. The molecule has 2 unspecified atom stereocenters. The van der Waals surface area contributed by atoms with Crippen LogP contribution in [0.3, 0.4) is 0 Å². The minimum Gasteiger partial charge on any atom is -0.297 e. The summed E-state index contributed by atoms with van der Waals surface area (Å²) in [6.07, 6.45) is 10.2. The van der Waals surface area contributed by atoms with Gasteiger partial charge in [0, 0.05) is 12.1 Å². The number of fused-ring (bicyclic) bond motifs is 2. The lowest BCUT2D eigenvalue weighted by Crippen LogP contribution is -2.40. The summed E-state index contributed by atoms with van der Waals surface area (Å²) in [7, 11) is 0. The van der Waals surface area contributed by atoms with Crippen LogP contribution in [0.2, 0.25) is 0 Å². The first-order valence-corrected chi connectivity index (χ1v) is 5.67. The van der Waals surface area contributed by atoms with E-state index in [0.29, 0.717) is 0 Å². The van der Waals surface area contributed by atoms with E-state index in [-0.39, 0.29) is 0 Å². The van der Waals surface area contributed by atoms with Crippen LogP contribution in [-0.2, 0) is 0 Å². The van der Waals surface area contributed by atoms with Crippen LogP contribution in [0.15, 0.2) is 0 Å². The maximum absolute atomic E-state index is 2.80. The molecule has 2 rings (SSSR count). The summed E-state index contributed by atoms with van der Waals surface area (Å²) >= 11 is 0. The van der Waals surface area contributed by atoms with Crippen molar-refractivity contribution in [3.63, 3.8) is 0 Å². The Kier molecular flexibility index (Phi) is 2.69. The van der Waals surface area contributed by atoms with Crippen molar-refractivity contribution in [2.75, 3.05) is 6.54 Å². The van der Waals surface area contributed by atoms with Gasteiger partial charge in [0.15, 0.2) is 0 Å². The summed E-state index contributed by atoms with van der Waals surface area (Å²) in [6, 6.07) is 1.96. The number of piperidine rings is 1. The van der Waals surface area contributed by atoms with Crippen LogP contribution < -0.4 is 0 Å². The van der Waals surface area contributed by atoms with Gasteiger partial charge in [0.1, 0.15) is 0 Å². The summed E-state index contributed by atoms with van der Waals surface area (Å²) in [4.78, 5) is 2.80. The largest absolute Gasteiger partial charge is 0.297 e. The lowest BCUT2D eigenvalue weighted by atomic mass is 10.0. The van der Waals surface area contributed by atoms with Gasteiger partial charge in [-0.2, -0.15) is 0 Å². The molecule has 1 heteroatoms. The Morgan fingerprint density at radius 1 is 1.08 bits per heavy atom. The average Bonchev–Trinajstić information content (AvgIpc) is 2.36. The first kappa shape index (κ1) is 8.55. The highest BCUT2D eigenvalue weighted by Gasteiger charge is 2.35. The molecule has 0 aliphatic carbocycles. The zero-order chi connectivity index (χ0) is 8.39. The Bertz CT molecular complexity index is 128. The van der Waals surface area contributed by atoms with Crippen LogP contribution >= 0.6 is 0 Å². The minimum absolute atomic E-state index is 0.982. The summed E-state index contributed by atoms with van der Waals surface area (Å²) in [6.45, 7) is 3.68. The van der Waals surface area contributed by atoms with E-state index in [2.05, 4.69) is 11.8 Å². The zero-order valence-electron chi connectivity index (χ0n) is 8.26. The van der Waals surface area contributed by atoms with Gasteiger partial charge in [0.2, 0.25) is 0 Å². The van der Waals surface area contributed by atoms with E-state index in [1.165, 1.54) is 51.5 Å². The number of hydrogen-bond acceptors (Lipinski definition) is 1. The first-order valence-electron chi connectivity index (χ1n) is 5.67. The van der Waals surface area contributed by atoms with E-state index in [1.807, 2.05) is 0 Å². The van der Waals surface area contributed by atoms with E-state index in [0.717, 1.165) is 12.1 Å². The molecule has 0 aromatic rings. The van der Waals surface area contributed by atoms with E-state index < -0.39 is 0 Å². The molecule has 12 heavy (non-hydrogen) atoms. The predicted molar refractivity (Wildman–Crippen MR) is 52.3 cm³/mol. The second-order valence-corrected chi connectivity index (χ2v) is 4.41. The SMILES string of the molecule is CCCCN1C2CCCC1CC2. The molecule has 2 fully saturated rings. The van der Waals surface area contributed by atoms with Gasteiger partial charge in [-0.15, -0.1) is 0 Å². The molecule has 2 aliphatic rings. The molecule has 0 amide bonds. The second kappa shape index (κ2) is 3.78. The second-order valence-electron chi connectivity index (χ2n) is 4.41. The van der Waals surface area contributed by atoms with Crippen molar-refractivity contribution in [2.24, 2.45) is 0 Å². The maximum atomic E-state index is 2.80. The molecule has 70 valence electrons. The van der Waals surface area contributed by atoms with E-state index in [9.17, 15) is 0 Å². The first-order chi connectivity index (χ1) is 5.92. The Morgan fingerprint density at radius 3 is 2.33 bits per heavy atom. The quantitative estimate of drug-likeness (QED) is 0.624. The summed E-state index contributed by atoms with van der Waals surface area (Å²) in [5, 5.41) is 0. The molecule has 2 aliphatic heterocycles. The highest BCUT2D eigenvalue weighted by atomic mass is 15.2. The Hall–Kier alpha value is -0.0400. The van der Waals surface area contributed by atoms with Crippen LogP contribution in [0.5, 0.6) is 0 Å². The van der Waals surface area contributed by atoms with Gasteiger partial charge in [-0.1, -0.05) is 19.8 Å². The van der Waals surface area contributed by atoms with Crippen molar-refractivity contribution in [1.82, 2.24) is 4.90 Å². The van der Waals surface area contributed by atoms with Crippen LogP contribution in [0, 0.1) is 0 Å². The fourth-order valence-electron chi connectivity index (χ4n) is 2.93. The van der Waals surface area contributed by atoms with E-state index in [1.54, 1.807) is 0 Å². The zero-order valence-corrected chi connectivity index (χ0v) is 8.26. The highest BCUT2D eigenvalue weighted by Crippen LogP contribution is 2.35. The minimum atomic E-state index is 0.982. The van der Waals surface area contributed by atoms with E-state index in [4.69, 9.17) is 0 Å². The molecule has 0 N–H and O–H groups in total. The molecular weight excluding hydrogens is 146 g/mol. The highest BCUT2D eigenvalue weighted by molar-refractivity contribution is 4.91. The third kappa shape index (κ3) is 1.52. The smallest absolute Gasteiger partial charge is 0.00987 e. The van der Waals surface area contributed by atoms with Gasteiger partial charge in [0.05, 0.1) is 0 Å².